The fourth-order valence-electron chi connectivity index (χ4n) is 4.12. The van der Waals surface area contributed by atoms with Gasteiger partial charge in [0.1, 0.15) is 0 Å². The summed E-state index contributed by atoms with van der Waals surface area (Å²) < 4.78 is 1.62. The topological polar surface area (TPSA) is 55.2 Å². The van der Waals surface area contributed by atoms with Gasteiger partial charge in [-0.25, -0.2) is 4.98 Å². The van der Waals surface area contributed by atoms with Crippen molar-refractivity contribution in [1.29, 1.82) is 0 Å². The Labute approximate surface area is 190 Å². The smallest absolute Gasteiger partial charge is 0.266 e. The van der Waals surface area contributed by atoms with Gasteiger partial charge in [0.2, 0.25) is 5.91 Å². The normalized spacial score (nSPS) is 12.8. The fraction of sp³-hybridized carbons (Fsp3) is 0.192. The number of fused-ring (bicyclic) bond motifs is 2. The van der Waals surface area contributed by atoms with Crippen LogP contribution >= 0.6 is 11.8 Å². The van der Waals surface area contributed by atoms with E-state index in [0.717, 1.165) is 24.2 Å². The minimum atomic E-state index is -0.124. The lowest BCUT2D eigenvalue weighted by Gasteiger charge is -2.18. The van der Waals surface area contributed by atoms with Crippen LogP contribution in [-0.4, -0.2) is 27.8 Å². The molecule has 6 heteroatoms. The Hall–Kier alpha value is -3.38. The summed E-state index contributed by atoms with van der Waals surface area (Å²) in [5, 5.41) is 1.09. The Kier molecular flexibility index (Phi) is 5.53. The van der Waals surface area contributed by atoms with Crippen LogP contribution in [0, 0.1) is 0 Å². The number of hydrogen-bond donors (Lipinski definition) is 0. The summed E-state index contributed by atoms with van der Waals surface area (Å²) in [5.41, 5.74) is 4.65. The van der Waals surface area contributed by atoms with Crippen LogP contribution in [0.5, 0.6) is 0 Å². The summed E-state index contributed by atoms with van der Waals surface area (Å²) in [6.07, 6.45) is 1.80. The number of aromatic nitrogens is 2. The summed E-state index contributed by atoms with van der Waals surface area (Å²) >= 11 is 1.31. The van der Waals surface area contributed by atoms with Crippen LogP contribution in [-0.2, 0) is 17.6 Å². The van der Waals surface area contributed by atoms with Gasteiger partial charge in [0.25, 0.3) is 5.56 Å². The second-order valence-electron chi connectivity index (χ2n) is 7.78. The predicted octanol–water partition coefficient (Wildman–Crippen LogP) is 4.63. The Bertz CT molecular complexity index is 1360. The van der Waals surface area contributed by atoms with Gasteiger partial charge in [-0.3, -0.25) is 14.2 Å². The SMILES string of the molecule is CCc1ccc(-n2c(SCC(=O)N3CCc4ccccc43)nc3ccccc3c2=O)cc1. The third-order valence-corrected chi connectivity index (χ3v) is 6.78. The van der Waals surface area contributed by atoms with Crippen molar-refractivity contribution in [3.05, 3.63) is 94.3 Å². The van der Waals surface area contributed by atoms with Gasteiger partial charge in [-0.15, -0.1) is 0 Å². The minimum Gasteiger partial charge on any atom is -0.311 e. The summed E-state index contributed by atoms with van der Waals surface area (Å²) in [7, 11) is 0. The highest BCUT2D eigenvalue weighted by molar-refractivity contribution is 7.99. The van der Waals surface area contributed by atoms with Crippen molar-refractivity contribution >= 4 is 34.3 Å². The summed E-state index contributed by atoms with van der Waals surface area (Å²) in [6.45, 7) is 2.79. The van der Waals surface area contributed by atoms with Crippen LogP contribution in [0.2, 0.25) is 0 Å². The van der Waals surface area contributed by atoms with E-state index in [1.165, 1.54) is 22.9 Å². The number of rotatable bonds is 5. The van der Waals surface area contributed by atoms with Gasteiger partial charge in [-0.1, -0.05) is 61.2 Å². The first-order chi connectivity index (χ1) is 15.7. The molecule has 1 amide bonds. The quantitative estimate of drug-likeness (QED) is 0.335. The number of hydrogen-bond acceptors (Lipinski definition) is 4. The average molecular weight is 442 g/mol. The predicted molar refractivity (Wildman–Crippen MR) is 130 cm³/mol. The number of para-hydroxylation sites is 2. The van der Waals surface area contributed by atoms with Gasteiger partial charge < -0.3 is 4.90 Å². The molecule has 0 aliphatic carbocycles. The molecule has 0 spiro atoms. The van der Waals surface area contributed by atoms with Crippen molar-refractivity contribution in [2.24, 2.45) is 0 Å². The second kappa shape index (κ2) is 8.63. The summed E-state index contributed by atoms with van der Waals surface area (Å²) in [6, 6.07) is 23.3. The fourth-order valence-corrected chi connectivity index (χ4v) is 5.01. The number of benzene rings is 3. The molecule has 1 aromatic heterocycles. The van der Waals surface area contributed by atoms with Gasteiger partial charge in [-0.2, -0.15) is 0 Å². The van der Waals surface area contributed by atoms with Crippen LogP contribution in [0.15, 0.2) is 82.7 Å². The van der Waals surface area contributed by atoms with E-state index >= 15 is 0 Å². The van der Waals surface area contributed by atoms with E-state index in [2.05, 4.69) is 13.0 Å². The lowest BCUT2D eigenvalue weighted by molar-refractivity contribution is -0.116. The van der Waals surface area contributed by atoms with Crippen LogP contribution in [0.1, 0.15) is 18.1 Å². The first-order valence-electron chi connectivity index (χ1n) is 10.8. The highest BCUT2D eigenvalue weighted by Gasteiger charge is 2.25. The zero-order valence-electron chi connectivity index (χ0n) is 17.8. The van der Waals surface area contributed by atoms with Gasteiger partial charge >= 0.3 is 0 Å². The molecule has 0 atom stereocenters. The average Bonchev–Trinajstić information content (AvgIpc) is 3.27. The molecule has 32 heavy (non-hydrogen) atoms. The molecule has 0 N–H and O–H groups in total. The number of carbonyl (C=O) groups is 1. The van der Waals surface area contributed by atoms with E-state index in [1.54, 1.807) is 10.6 Å². The molecule has 160 valence electrons. The largest absolute Gasteiger partial charge is 0.311 e. The molecule has 0 unspecified atom stereocenters. The minimum absolute atomic E-state index is 0.0234. The number of carbonyl (C=O) groups excluding carboxylic acids is 1. The Morgan fingerprint density at radius 1 is 1.00 bits per heavy atom. The van der Waals surface area contributed by atoms with E-state index in [9.17, 15) is 9.59 Å². The summed E-state index contributed by atoms with van der Waals surface area (Å²) in [4.78, 5) is 33.0. The number of amides is 1. The van der Waals surface area contributed by atoms with E-state index in [4.69, 9.17) is 4.98 Å². The van der Waals surface area contributed by atoms with Crippen molar-refractivity contribution < 1.29 is 4.79 Å². The summed E-state index contributed by atoms with van der Waals surface area (Å²) in [5.74, 6) is 0.238. The molecule has 0 bridgehead atoms. The molecule has 4 aromatic rings. The van der Waals surface area contributed by atoms with Gasteiger partial charge in [0.15, 0.2) is 5.16 Å². The highest BCUT2D eigenvalue weighted by atomic mass is 32.2. The maximum absolute atomic E-state index is 13.4. The standard InChI is InChI=1S/C26H23N3O2S/c1-2-18-11-13-20(14-12-18)29-25(31)21-8-4-5-9-22(21)27-26(29)32-17-24(30)28-16-15-19-7-3-6-10-23(19)28/h3-14H,2,15-17H2,1H3. The van der Waals surface area contributed by atoms with E-state index in [-0.39, 0.29) is 17.2 Å². The van der Waals surface area contributed by atoms with Gasteiger partial charge in [-0.05, 0) is 54.3 Å². The molecule has 1 aliphatic heterocycles. The van der Waals surface area contributed by atoms with E-state index in [0.29, 0.717) is 22.6 Å². The Morgan fingerprint density at radius 3 is 2.56 bits per heavy atom. The molecule has 2 heterocycles. The number of nitrogens with zero attached hydrogens (tertiary/aromatic N) is 3. The first kappa shape index (κ1) is 20.5. The van der Waals surface area contributed by atoms with E-state index < -0.39 is 0 Å². The maximum Gasteiger partial charge on any atom is 0.266 e. The van der Waals surface area contributed by atoms with Crippen molar-refractivity contribution in [1.82, 2.24) is 9.55 Å². The van der Waals surface area contributed by atoms with Crippen LogP contribution in [0.25, 0.3) is 16.6 Å². The monoisotopic (exact) mass is 441 g/mol. The zero-order chi connectivity index (χ0) is 22.1. The third kappa shape index (κ3) is 3.71. The molecule has 0 saturated carbocycles. The number of anilines is 1. The van der Waals surface area contributed by atoms with Crippen molar-refractivity contribution in [2.75, 3.05) is 17.2 Å². The third-order valence-electron chi connectivity index (χ3n) is 5.86. The second-order valence-corrected chi connectivity index (χ2v) is 8.73. The lowest BCUT2D eigenvalue weighted by atomic mass is 10.1. The Balaban J connectivity index is 1.50. The number of aryl methyl sites for hydroxylation is 1. The molecule has 0 radical (unpaired) electrons. The zero-order valence-corrected chi connectivity index (χ0v) is 18.6. The molecule has 0 fully saturated rings. The van der Waals surface area contributed by atoms with Crippen molar-refractivity contribution in [2.45, 2.75) is 24.9 Å². The van der Waals surface area contributed by atoms with Crippen LogP contribution in [0.3, 0.4) is 0 Å². The molecular weight excluding hydrogens is 418 g/mol. The van der Waals surface area contributed by atoms with Gasteiger partial charge in [0, 0.05) is 12.2 Å². The van der Waals surface area contributed by atoms with Crippen LogP contribution < -0.4 is 10.5 Å². The first-order valence-corrected chi connectivity index (χ1v) is 11.8. The molecule has 5 rings (SSSR count). The molecule has 0 saturated heterocycles. The maximum atomic E-state index is 13.4. The van der Waals surface area contributed by atoms with Crippen LogP contribution in [0.4, 0.5) is 5.69 Å². The molecular formula is C26H23N3O2S. The van der Waals surface area contributed by atoms with Gasteiger partial charge in [0.05, 0.1) is 22.3 Å². The molecule has 3 aromatic carbocycles. The van der Waals surface area contributed by atoms with Crippen molar-refractivity contribution in [3.8, 4) is 5.69 Å². The lowest BCUT2D eigenvalue weighted by Crippen LogP contribution is -2.31. The Morgan fingerprint density at radius 2 is 1.75 bits per heavy atom. The van der Waals surface area contributed by atoms with E-state index in [1.807, 2.05) is 65.6 Å². The number of thioether (sulfide) groups is 1. The highest BCUT2D eigenvalue weighted by Crippen LogP contribution is 2.29. The molecule has 1 aliphatic rings. The van der Waals surface area contributed by atoms with Crippen molar-refractivity contribution in [3.63, 3.8) is 0 Å². The molecule has 5 nitrogen and oxygen atoms in total.